The van der Waals surface area contributed by atoms with Gasteiger partial charge in [-0.2, -0.15) is 0 Å². The van der Waals surface area contributed by atoms with Crippen LogP contribution in [0, 0.1) is 0 Å². The van der Waals surface area contributed by atoms with Crippen LogP contribution in [0.25, 0.3) is 10.9 Å². The van der Waals surface area contributed by atoms with Crippen LogP contribution in [0.3, 0.4) is 0 Å². The van der Waals surface area contributed by atoms with Crippen LogP contribution in [0.5, 0.6) is 0 Å². The molecule has 1 aromatic heterocycles. The molecule has 6 heteroatoms. The van der Waals surface area contributed by atoms with Crippen molar-refractivity contribution in [2.45, 2.75) is 13.5 Å². The van der Waals surface area contributed by atoms with Crippen molar-refractivity contribution in [1.82, 2.24) is 9.55 Å². The number of H-pyrrole nitrogens is 1. The molecule has 0 atom stereocenters. The van der Waals surface area contributed by atoms with Gasteiger partial charge in [0.2, 0.25) is 0 Å². The highest BCUT2D eigenvalue weighted by Gasteiger charge is 2.10. The number of aromatic amines is 1. The maximum absolute atomic E-state index is 12.0. The number of nitrogens with zero attached hydrogens (tertiary/aromatic N) is 1. The molecule has 0 radical (unpaired) electrons. The van der Waals surface area contributed by atoms with E-state index >= 15 is 0 Å². The Hall–Kier alpha value is -2.37. The molecule has 18 heavy (non-hydrogen) atoms. The molecule has 6 nitrogen and oxygen atoms in total. The Labute approximate surface area is 102 Å². The molecule has 0 aliphatic heterocycles. The number of nitrogens with one attached hydrogen (secondary N) is 1. The highest BCUT2D eigenvalue weighted by atomic mass is 16.5. The Balaban J connectivity index is 2.78. The number of benzene rings is 1. The van der Waals surface area contributed by atoms with Crippen LogP contribution in [-0.4, -0.2) is 22.6 Å². The molecule has 0 aliphatic carbocycles. The maximum Gasteiger partial charge on any atom is 0.337 e. The summed E-state index contributed by atoms with van der Waals surface area (Å²) in [7, 11) is 1.27. The lowest BCUT2D eigenvalue weighted by Crippen LogP contribution is -2.34. The molecule has 0 saturated heterocycles. The summed E-state index contributed by atoms with van der Waals surface area (Å²) in [4.78, 5) is 37.5. The fraction of sp³-hybridized carbons (Fsp3) is 0.250. The van der Waals surface area contributed by atoms with E-state index in [0.29, 0.717) is 17.4 Å². The number of hydrogen-bond acceptors (Lipinski definition) is 4. The van der Waals surface area contributed by atoms with E-state index in [0.717, 1.165) is 4.57 Å². The van der Waals surface area contributed by atoms with Crippen molar-refractivity contribution in [3.63, 3.8) is 0 Å². The SMILES string of the molecule is CCn1c(=O)[nH]c2cc(C(=O)OC)ccc2c1=O. The van der Waals surface area contributed by atoms with Gasteiger partial charge in [0.15, 0.2) is 0 Å². The Bertz CT molecular complexity index is 727. The zero-order valence-electron chi connectivity index (χ0n) is 10.0. The van der Waals surface area contributed by atoms with Gasteiger partial charge in [-0.25, -0.2) is 9.59 Å². The minimum atomic E-state index is -0.516. The topological polar surface area (TPSA) is 81.2 Å². The van der Waals surface area contributed by atoms with Gasteiger partial charge in [-0.3, -0.25) is 9.36 Å². The summed E-state index contributed by atoms with van der Waals surface area (Å²) in [6.45, 7) is 2.01. The largest absolute Gasteiger partial charge is 0.465 e. The molecule has 94 valence electrons. The van der Waals surface area contributed by atoms with Crippen molar-refractivity contribution in [2.24, 2.45) is 0 Å². The van der Waals surface area contributed by atoms with E-state index in [4.69, 9.17) is 0 Å². The fourth-order valence-corrected chi connectivity index (χ4v) is 1.79. The number of hydrogen-bond donors (Lipinski definition) is 1. The zero-order chi connectivity index (χ0) is 13.3. The Morgan fingerprint density at radius 3 is 2.72 bits per heavy atom. The van der Waals surface area contributed by atoms with Crippen molar-refractivity contribution < 1.29 is 9.53 Å². The molecule has 0 amide bonds. The predicted octanol–water partition coefficient (Wildman–Crippen LogP) is 0.496. The summed E-state index contributed by atoms with van der Waals surface area (Å²) in [5, 5.41) is 0.365. The summed E-state index contributed by atoms with van der Waals surface area (Å²) >= 11 is 0. The average molecular weight is 248 g/mol. The molecule has 0 spiro atoms. The van der Waals surface area contributed by atoms with Gasteiger partial charge < -0.3 is 9.72 Å². The van der Waals surface area contributed by atoms with Crippen molar-refractivity contribution in [3.05, 3.63) is 44.6 Å². The smallest absolute Gasteiger partial charge is 0.337 e. The van der Waals surface area contributed by atoms with Crippen molar-refractivity contribution in [3.8, 4) is 0 Å². The molecule has 1 aromatic carbocycles. The minimum absolute atomic E-state index is 0.286. The maximum atomic E-state index is 12.0. The molecule has 1 N–H and O–H groups in total. The lowest BCUT2D eigenvalue weighted by molar-refractivity contribution is 0.0601. The number of carbonyl (C=O) groups excluding carboxylic acids is 1. The first-order chi connectivity index (χ1) is 8.58. The number of carbonyl (C=O) groups is 1. The van der Waals surface area contributed by atoms with Crippen LogP contribution >= 0.6 is 0 Å². The first-order valence-electron chi connectivity index (χ1n) is 5.43. The Kier molecular flexibility index (Phi) is 3.01. The van der Waals surface area contributed by atoms with Crippen molar-refractivity contribution >= 4 is 16.9 Å². The third-order valence-electron chi connectivity index (χ3n) is 2.72. The number of ether oxygens (including phenoxy) is 1. The van der Waals surface area contributed by atoms with Gasteiger partial charge in [0, 0.05) is 6.54 Å². The highest BCUT2D eigenvalue weighted by molar-refractivity contribution is 5.93. The monoisotopic (exact) mass is 248 g/mol. The second-order valence-electron chi connectivity index (χ2n) is 3.73. The quantitative estimate of drug-likeness (QED) is 0.784. The second kappa shape index (κ2) is 4.48. The fourth-order valence-electron chi connectivity index (χ4n) is 1.79. The highest BCUT2D eigenvalue weighted by Crippen LogP contribution is 2.09. The van der Waals surface area contributed by atoms with Crippen LogP contribution in [-0.2, 0) is 11.3 Å². The molecule has 0 fully saturated rings. The molecule has 0 aliphatic rings. The average Bonchev–Trinajstić information content (AvgIpc) is 2.37. The van der Waals surface area contributed by atoms with E-state index in [-0.39, 0.29) is 11.1 Å². The normalized spacial score (nSPS) is 10.6. The van der Waals surface area contributed by atoms with Crippen LogP contribution < -0.4 is 11.2 Å². The zero-order valence-corrected chi connectivity index (χ0v) is 10.0. The molecule has 0 bridgehead atoms. The summed E-state index contributed by atoms with van der Waals surface area (Å²) in [6.07, 6.45) is 0. The molecule has 2 aromatic rings. The number of esters is 1. The lowest BCUT2D eigenvalue weighted by atomic mass is 10.1. The van der Waals surface area contributed by atoms with Gasteiger partial charge in [0.1, 0.15) is 0 Å². The molecule has 1 heterocycles. The number of aromatic nitrogens is 2. The molecular formula is C12H12N2O4. The van der Waals surface area contributed by atoms with E-state index in [1.54, 1.807) is 6.92 Å². The van der Waals surface area contributed by atoms with E-state index in [2.05, 4.69) is 9.72 Å². The van der Waals surface area contributed by atoms with Gasteiger partial charge in [-0.15, -0.1) is 0 Å². The second-order valence-corrected chi connectivity index (χ2v) is 3.73. The molecule has 2 rings (SSSR count). The van der Waals surface area contributed by atoms with Gasteiger partial charge in [-0.1, -0.05) is 0 Å². The first kappa shape index (κ1) is 12.1. The Morgan fingerprint density at radius 2 is 2.11 bits per heavy atom. The van der Waals surface area contributed by atoms with Gasteiger partial charge in [-0.05, 0) is 25.1 Å². The first-order valence-corrected chi connectivity index (χ1v) is 5.43. The number of rotatable bonds is 2. The predicted molar refractivity (Wildman–Crippen MR) is 65.8 cm³/mol. The van der Waals surface area contributed by atoms with Gasteiger partial charge in [0.25, 0.3) is 5.56 Å². The van der Waals surface area contributed by atoms with Crippen LogP contribution in [0.15, 0.2) is 27.8 Å². The summed E-state index contributed by atoms with van der Waals surface area (Å²) in [6, 6.07) is 4.43. The van der Waals surface area contributed by atoms with E-state index in [9.17, 15) is 14.4 Å². The molecule has 0 unspecified atom stereocenters. The van der Waals surface area contributed by atoms with E-state index in [1.807, 2.05) is 0 Å². The van der Waals surface area contributed by atoms with Crippen LogP contribution in [0.1, 0.15) is 17.3 Å². The number of fused-ring (bicyclic) bond motifs is 1. The molecule has 0 saturated carbocycles. The minimum Gasteiger partial charge on any atom is -0.465 e. The standard InChI is InChI=1S/C12H12N2O4/c1-3-14-10(15)8-5-4-7(11(16)18-2)6-9(8)13-12(14)17/h4-6H,3H2,1-2H3,(H,13,17). The Morgan fingerprint density at radius 1 is 1.39 bits per heavy atom. The lowest BCUT2D eigenvalue weighted by Gasteiger charge is -2.04. The summed E-state index contributed by atoms with van der Waals surface area (Å²) in [5.41, 5.74) is -0.239. The van der Waals surface area contributed by atoms with E-state index in [1.165, 1.54) is 25.3 Å². The van der Waals surface area contributed by atoms with Gasteiger partial charge in [0.05, 0.1) is 23.6 Å². The van der Waals surface area contributed by atoms with Crippen molar-refractivity contribution in [1.29, 1.82) is 0 Å². The number of methoxy groups -OCH3 is 1. The van der Waals surface area contributed by atoms with E-state index < -0.39 is 11.7 Å². The third-order valence-corrected chi connectivity index (χ3v) is 2.72. The third kappa shape index (κ3) is 1.81. The summed E-state index contributed by atoms with van der Waals surface area (Å²) in [5.74, 6) is -0.516. The van der Waals surface area contributed by atoms with Crippen LogP contribution in [0.2, 0.25) is 0 Å². The summed E-state index contributed by atoms with van der Waals surface area (Å²) < 4.78 is 5.67. The van der Waals surface area contributed by atoms with Crippen molar-refractivity contribution in [2.75, 3.05) is 7.11 Å². The molecular weight excluding hydrogens is 236 g/mol. The van der Waals surface area contributed by atoms with Crippen LogP contribution in [0.4, 0.5) is 0 Å². The van der Waals surface area contributed by atoms with Gasteiger partial charge >= 0.3 is 11.7 Å².